The molecule has 0 aromatic carbocycles. The van der Waals surface area contributed by atoms with Crippen molar-refractivity contribution >= 4 is 0 Å². The average Bonchev–Trinajstić information content (AvgIpc) is 2.27. The first kappa shape index (κ1) is 10.7. The molecule has 0 spiro atoms. The van der Waals surface area contributed by atoms with Crippen molar-refractivity contribution in [3.63, 3.8) is 0 Å². The van der Waals surface area contributed by atoms with Crippen molar-refractivity contribution in [2.24, 2.45) is 7.05 Å². The van der Waals surface area contributed by atoms with Gasteiger partial charge < -0.3 is 4.74 Å². The van der Waals surface area contributed by atoms with Gasteiger partial charge in [-0.05, 0) is 0 Å². The number of alkyl halides is 5. The normalized spacial score (nSPS) is 12.2. The minimum absolute atomic E-state index is 0.373. The molecule has 8 heteroatoms. The van der Waals surface area contributed by atoms with Crippen LogP contribution in [0.15, 0.2) is 0 Å². The van der Waals surface area contributed by atoms with Gasteiger partial charge in [-0.25, -0.2) is 0 Å². The van der Waals surface area contributed by atoms with Crippen LogP contribution in [0.25, 0.3) is 0 Å². The number of halogens is 5. The van der Waals surface area contributed by atoms with Crippen LogP contribution in [0.2, 0.25) is 0 Å². The number of rotatable bonds is 2. The molecule has 1 aromatic rings. The second kappa shape index (κ2) is 3.43. The minimum atomic E-state index is -4.69. The molecule has 1 aromatic heterocycles. The van der Waals surface area contributed by atoms with Crippen molar-refractivity contribution < 1.29 is 26.7 Å². The number of nitrogens with zero attached hydrogens (tertiary/aromatic N) is 2. The summed E-state index contributed by atoms with van der Waals surface area (Å²) in [6.07, 6.45) is -4.69. The summed E-state index contributed by atoms with van der Waals surface area (Å²) >= 11 is 0. The Morgan fingerprint density at radius 2 is 2.00 bits per heavy atom. The van der Waals surface area contributed by atoms with Crippen LogP contribution in [-0.4, -0.2) is 16.4 Å². The summed E-state index contributed by atoms with van der Waals surface area (Å²) in [6.45, 7) is -3.22. The largest absolute Gasteiger partial charge is 0.433 e. The molecule has 1 radical (unpaired) electrons. The molecule has 0 bridgehead atoms. The zero-order chi connectivity index (χ0) is 10.9. The van der Waals surface area contributed by atoms with Crippen molar-refractivity contribution in [1.29, 1.82) is 0 Å². The zero-order valence-electron chi connectivity index (χ0n) is 6.77. The lowest BCUT2D eigenvalue weighted by atomic mass is 10.4. The average molecular weight is 215 g/mol. The van der Waals surface area contributed by atoms with E-state index in [-0.39, 0.29) is 0 Å². The molecule has 0 aliphatic rings. The van der Waals surface area contributed by atoms with E-state index in [1.807, 2.05) is 0 Å². The van der Waals surface area contributed by atoms with Crippen LogP contribution in [0.3, 0.4) is 0 Å². The van der Waals surface area contributed by atoms with Gasteiger partial charge in [-0.15, -0.1) is 5.10 Å². The highest BCUT2D eigenvalue weighted by Gasteiger charge is 2.36. The third kappa shape index (κ3) is 2.33. The third-order valence-corrected chi connectivity index (χ3v) is 1.26. The van der Waals surface area contributed by atoms with Crippen molar-refractivity contribution in [1.82, 2.24) is 9.78 Å². The van der Waals surface area contributed by atoms with Gasteiger partial charge >= 0.3 is 12.8 Å². The van der Waals surface area contributed by atoms with Crippen molar-refractivity contribution in [2.75, 3.05) is 0 Å². The first-order chi connectivity index (χ1) is 6.30. The molecule has 0 aliphatic heterocycles. The van der Waals surface area contributed by atoms with E-state index in [9.17, 15) is 22.0 Å². The Morgan fingerprint density at radius 1 is 1.43 bits per heavy atom. The quantitative estimate of drug-likeness (QED) is 0.704. The molecule has 0 saturated heterocycles. The molecule has 1 rings (SSSR count). The fourth-order valence-corrected chi connectivity index (χ4v) is 0.785. The fourth-order valence-electron chi connectivity index (χ4n) is 0.785. The highest BCUT2D eigenvalue weighted by Crippen LogP contribution is 2.30. The molecule has 14 heavy (non-hydrogen) atoms. The van der Waals surface area contributed by atoms with Gasteiger partial charge in [-0.2, -0.15) is 22.0 Å². The molecule has 0 amide bonds. The van der Waals surface area contributed by atoms with Crippen LogP contribution in [0.5, 0.6) is 5.88 Å². The van der Waals surface area contributed by atoms with Crippen LogP contribution in [0, 0.1) is 6.07 Å². The van der Waals surface area contributed by atoms with Crippen LogP contribution in [0.4, 0.5) is 22.0 Å². The molecule has 0 saturated carbocycles. The van der Waals surface area contributed by atoms with E-state index in [4.69, 9.17) is 0 Å². The van der Waals surface area contributed by atoms with E-state index in [0.29, 0.717) is 4.68 Å². The lowest BCUT2D eigenvalue weighted by Gasteiger charge is -2.03. The van der Waals surface area contributed by atoms with Crippen molar-refractivity contribution in [3.8, 4) is 5.88 Å². The van der Waals surface area contributed by atoms with Crippen molar-refractivity contribution in [2.45, 2.75) is 12.8 Å². The second-order valence-electron chi connectivity index (χ2n) is 2.28. The molecule has 79 valence electrons. The summed E-state index contributed by atoms with van der Waals surface area (Å²) in [5, 5.41) is 3.06. The fraction of sp³-hybridized carbons (Fsp3) is 0.500. The van der Waals surface area contributed by atoms with Gasteiger partial charge in [0.05, 0.1) is 6.07 Å². The summed E-state index contributed by atoms with van der Waals surface area (Å²) < 4.78 is 63.4. The maximum Gasteiger partial charge on any atom is 0.433 e. The summed E-state index contributed by atoms with van der Waals surface area (Å²) in [7, 11) is 0.956. The summed E-state index contributed by atoms with van der Waals surface area (Å²) in [5.41, 5.74) is -1.27. The predicted molar refractivity (Wildman–Crippen MR) is 33.7 cm³/mol. The topological polar surface area (TPSA) is 27.1 Å². The van der Waals surface area contributed by atoms with Gasteiger partial charge in [-0.3, -0.25) is 4.68 Å². The summed E-state index contributed by atoms with van der Waals surface area (Å²) in [4.78, 5) is 0. The molecule has 3 nitrogen and oxygen atoms in total. The Balaban J connectivity index is 2.94. The van der Waals surface area contributed by atoms with E-state index < -0.39 is 24.4 Å². The number of aromatic nitrogens is 2. The lowest BCUT2D eigenvalue weighted by Crippen LogP contribution is -2.11. The van der Waals surface area contributed by atoms with E-state index in [1.54, 1.807) is 6.07 Å². The molecule has 0 fully saturated rings. The first-order valence-electron chi connectivity index (χ1n) is 3.29. The Labute approximate surface area is 75.1 Å². The molecule has 0 aliphatic carbocycles. The van der Waals surface area contributed by atoms with Gasteiger partial charge in [0.15, 0.2) is 5.69 Å². The Kier molecular flexibility index (Phi) is 2.63. The first-order valence-corrected chi connectivity index (χ1v) is 3.29. The van der Waals surface area contributed by atoms with Crippen LogP contribution in [-0.2, 0) is 13.2 Å². The Morgan fingerprint density at radius 3 is 2.36 bits per heavy atom. The van der Waals surface area contributed by atoms with E-state index in [2.05, 4.69) is 9.84 Å². The van der Waals surface area contributed by atoms with Gasteiger partial charge in [0.1, 0.15) is 0 Å². The highest BCUT2D eigenvalue weighted by atomic mass is 19.4. The van der Waals surface area contributed by atoms with Crippen LogP contribution >= 0.6 is 0 Å². The standard InChI is InChI=1S/C6H4F5N2O/c1-13-3(6(9,10)11)2-4(12-13)14-5(7)8/h5H,1H3. The van der Waals surface area contributed by atoms with Gasteiger partial charge in [0.2, 0.25) is 5.88 Å². The highest BCUT2D eigenvalue weighted by molar-refractivity contribution is 5.15. The molecule has 0 N–H and O–H groups in total. The van der Waals surface area contributed by atoms with Crippen LogP contribution in [0.1, 0.15) is 5.69 Å². The van der Waals surface area contributed by atoms with E-state index >= 15 is 0 Å². The monoisotopic (exact) mass is 215 g/mol. The van der Waals surface area contributed by atoms with E-state index in [1.165, 1.54) is 0 Å². The Bertz CT molecular complexity index is 319. The van der Waals surface area contributed by atoms with Gasteiger partial charge in [0, 0.05) is 7.05 Å². The second-order valence-corrected chi connectivity index (χ2v) is 2.28. The molecular formula is C6H4F5N2O. The van der Waals surface area contributed by atoms with Crippen molar-refractivity contribution in [3.05, 3.63) is 11.8 Å². The van der Waals surface area contributed by atoms with Gasteiger partial charge in [-0.1, -0.05) is 0 Å². The van der Waals surface area contributed by atoms with E-state index in [0.717, 1.165) is 7.05 Å². The number of aryl methyl sites for hydroxylation is 1. The van der Waals surface area contributed by atoms with Gasteiger partial charge in [0.25, 0.3) is 0 Å². The predicted octanol–water partition coefficient (Wildman–Crippen LogP) is 1.84. The van der Waals surface area contributed by atoms with Crippen LogP contribution < -0.4 is 4.74 Å². The molecule has 0 unspecified atom stereocenters. The zero-order valence-corrected chi connectivity index (χ0v) is 6.77. The SMILES string of the molecule is Cn1nc(OC(F)F)[c]c1C(F)(F)F. The Hall–Kier alpha value is -1.34. The lowest BCUT2D eigenvalue weighted by molar-refractivity contribution is -0.143. The smallest absolute Gasteiger partial charge is 0.415 e. The summed E-state index contributed by atoms with van der Waals surface area (Å²) in [6, 6.07) is 1.58. The summed E-state index contributed by atoms with van der Waals surface area (Å²) in [5.74, 6) is -0.880. The number of hydrogen-bond acceptors (Lipinski definition) is 2. The molecule has 0 atom stereocenters. The number of hydrogen-bond donors (Lipinski definition) is 0. The number of ether oxygens (including phenoxy) is 1. The maximum absolute atomic E-state index is 12.1. The third-order valence-electron chi connectivity index (χ3n) is 1.26. The molecular weight excluding hydrogens is 211 g/mol. The maximum atomic E-state index is 12.1. The molecule has 1 heterocycles. The minimum Gasteiger partial charge on any atom is -0.415 e.